The Morgan fingerprint density at radius 3 is 2.86 bits per heavy atom. The molecule has 0 amide bonds. The summed E-state index contributed by atoms with van der Waals surface area (Å²) in [4.78, 5) is 12.4. The lowest BCUT2D eigenvalue weighted by molar-refractivity contribution is 0.0599. The molecule has 0 spiro atoms. The van der Waals surface area contributed by atoms with Crippen molar-refractivity contribution in [2.75, 3.05) is 7.11 Å². The molecule has 0 fully saturated rings. The van der Waals surface area contributed by atoms with Crippen LogP contribution in [0.2, 0.25) is 0 Å². The molecule has 0 N–H and O–H groups in total. The highest BCUT2D eigenvalue weighted by molar-refractivity contribution is 6.12. The number of carbonyl (C=O) groups is 1. The number of nitrogens with zero attached hydrogens (tertiary/aromatic N) is 1. The minimum atomic E-state index is -0.318. The van der Waals surface area contributed by atoms with Gasteiger partial charge in [0.05, 0.1) is 23.7 Å². The summed E-state index contributed by atoms with van der Waals surface area (Å²) >= 11 is 0. The first-order chi connectivity index (χ1) is 13.7. The summed E-state index contributed by atoms with van der Waals surface area (Å²) in [7, 11) is 1.43. The van der Waals surface area contributed by atoms with Crippen LogP contribution in [0.1, 0.15) is 48.2 Å². The molecule has 2 aromatic carbocycles. The maximum atomic E-state index is 12.4. The highest BCUT2D eigenvalue weighted by Gasteiger charge is 2.31. The molecule has 0 bridgehead atoms. The molecule has 4 nitrogen and oxygen atoms in total. The van der Waals surface area contributed by atoms with E-state index in [9.17, 15) is 4.79 Å². The van der Waals surface area contributed by atoms with Gasteiger partial charge in [-0.15, -0.1) is 0 Å². The number of hydrogen-bond donors (Lipinski definition) is 0. The van der Waals surface area contributed by atoms with Crippen LogP contribution in [-0.4, -0.2) is 17.6 Å². The van der Waals surface area contributed by atoms with Crippen molar-refractivity contribution in [1.29, 1.82) is 0 Å². The third-order valence-corrected chi connectivity index (χ3v) is 5.87. The van der Waals surface area contributed by atoms with Crippen LogP contribution in [0.5, 0.6) is 0 Å². The zero-order valence-electron chi connectivity index (χ0n) is 16.1. The lowest BCUT2D eigenvalue weighted by Gasteiger charge is -2.28. The van der Waals surface area contributed by atoms with Crippen LogP contribution in [-0.2, 0) is 9.47 Å². The van der Waals surface area contributed by atoms with Crippen LogP contribution >= 0.6 is 0 Å². The van der Waals surface area contributed by atoms with E-state index in [0.29, 0.717) is 5.56 Å². The largest absolute Gasteiger partial charge is 0.488 e. The summed E-state index contributed by atoms with van der Waals surface area (Å²) in [5.74, 6) is 0.849. The van der Waals surface area contributed by atoms with Gasteiger partial charge >= 0.3 is 5.97 Å². The Hall–Kier alpha value is -3.01. The zero-order chi connectivity index (χ0) is 19.3. The molecular formula is C24H23NO3. The molecule has 5 rings (SSSR count). The van der Waals surface area contributed by atoms with E-state index in [4.69, 9.17) is 9.47 Å². The average molecular weight is 373 g/mol. The van der Waals surface area contributed by atoms with E-state index in [0.717, 1.165) is 52.4 Å². The number of fused-ring (bicyclic) bond motifs is 3. The Morgan fingerprint density at radius 1 is 1.21 bits per heavy atom. The van der Waals surface area contributed by atoms with Gasteiger partial charge in [0, 0.05) is 28.5 Å². The Morgan fingerprint density at radius 2 is 2.07 bits per heavy atom. The molecule has 2 heterocycles. The number of rotatable bonds is 2. The Bertz CT molecular complexity index is 1150. The molecule has 142 valence electrons. The Labute approximate surface area is 164 Å². The Balaban J connectivity index is 1.87. The van der Waals surface area contributed by atoms with Gasteiger partial charge in [-0.2, -0.15) is 0 Å². The van der Waals surface area contributed by atoms with Gasteiger partial charge in [-0.05, 0) is 44.4 Å². The number of hydrogen-bond acceptors (Lipinski definition) is 3. The van der Waals surface area contributed by atoms with Gasteiger partial charge in [0.2, 0.25) is 0 Å². The average Bonchev–Trinajstić information content (AvgIpc) is 2.96. The van der Waals surface area contributed by atoms with Crippen molar-refractivity contribution >= 4 is 34.0 Å². The zero-order valence-corrected chi connectivity index (χ0v) is 16.1. The van der Waals surface area contributed by atoms with Crippen LogP contribution in [0.15, 0.2) is 54.3 Å². The molecule has 0 saturated carbocycles. The van der Waals surface area contributed by atoms with Crippen LogP contribution in [0, 0.1) is 5.92 Å². The fraction of sp³-hybridized carbons (Fsp3) is 0.292. The number of para-hydroxylation sites is 1. The number of methoxy groups -OCH3 is 1. The van der Waals surface area contributed by atoms with E-state index >= 15 is 0 Å². The van der Waals surface area contributed by atoms with Crippen LogP contribution in [0.3, 0.4) is 0 Å². The predicted molar refractivity (Wildman–Crippen MR) is 111 cm³/mol. The second-order valence-corrected chi connectivity index (χ2v) is 7.64. The molecule has 0 saturated heterocycles. The standard InChI is InChI=1S/C24H23NO3/c1-15-14-25-21-11-7-6-10-18(21)19-12-17(24(26)27-2)13-20(22(19)25)23(28-15)16-8-4-3-5-9-16/h4,6-8,10-14,16,23H,3,5,9H2,1-2H3. The SMILES string of the molecule is COC(=O)c1cc2c3c(c1)c1ccccc1n3C=C(C)OC2C1C=CCCC1. The number of aromatic nitrogens is 1. The summed E-state index contributed by atoms with van der Waals surface area (Å²) in [6.45, 7) is 2.01. The molecular weight excluding hydrogens is 350 g/mol. The minimum Gasteiger partial charge on any atom is -0.488 e. The van der Waals surface area contributed by atoms with Gasteiger partial charge in [-0.3, -0.25) is 0 Å². The fourth-order valence-corrected chi connectivity index (χ4v) is 4.63. The summed E-state index contributed by atoms with van der Waals surface area (Å²) in [5.41, 5.74) is 3.86. The molecule has 2 atom stereocenters. The quantitative estimate of drug-likeness (QED) is 0.419. The number of carbonyl (C=O) groups excluding carboxylic acids is 1. The second-order valence-electron chi connectivity index (χ2n) is 7.64. The van der Waals surface area contributed by atoms with E-state index in [1.807, 2.05) is 31.2 Å². The van der Waals surface area contributed by atoms with Gasteiger partial charge < -0.3 is 14.0 Å². The first-order valence-corrected chi connectivity index (χ1v) is 9.84. The van der Waals surface area contributed by atoms with Crippen LogP contribution < -0.4 is 0 Å². The fourth-order valence-electron chi connectivity index (χ4n) is 4.63. The second kappa shape index (κ2) is 6.55. The van der Waals surface area contributed by atoms with E-state index < -0.39 is 0 Å². The van der Waals surface area contributed by atoms with Crippen LogP contribution in [0.25, 0.3) is 28.0 Å². The molecule has 0 radical (unpaired) electrons. The van der Waals surface area contributed by atoms with Gasteiger partial charge in [-0.25, -0.2) is 4.79 Å². The molecule has 28 heavy (non-hydrogen) atoms. The summed E-state index contributed by atoms with van der Waals surface area (Å²) in [6, 6.07) is 12.2. The molecule has 2 unspecified atom stereocenters. The van der Waals surface area contributed by atoms with Gasteiger partial charge in [-0.1, -0.05) is 30.4 Å². The number of esters is 1. The normalized spacial score (nSPS) is 21.3. The summed E-state index contributed by atoms with van der Waals surface area (Å²) in [5, 5.41) is 2.20. The maximum absolute atomic E-state index is 12.4. The number of allylic oxidation sites excluding steroid dienone is 2. The topological polar surface area (TPSA) is 40.5 Å². The first-order valence-electron chi connectivity index (χ1n) is 9.84. The molecule has 4 heteroatoms. The third kappa shape index (κ3) is 2.55. The third-order valence-electron chi connectivity index (χ3n) is 5.87. The van der Waals surface area contributed by atoms with Crippen LogP contribution in [0.4, 0.5) is 0 Å². The molecule has 1 aromatic heterocycles. The van der Waals surface area contributed by atoms with E-state index in [2.05, 4.69) is 35.1 Å². The van der Waals surface area contributed by atoms with Crippen molar-refractivity contribution in [1.82, 2.24) is 4.57 Å². The van der Waals surface area contributed by atoms with Gasteiger partial charge in [0.1, 0.15) is 11.9 Å². The van der Waals surface area contributed by atoms with E-state index in [-0.39, 0.29) is 18.0 Å². The number of ether oxygens (including phenoxy) is 2. The summed E-state index contributed by atoms with van der Waals surface area (Å²) < 4.78 is 13.7. The molecule has 1 aliphatic heterocycles. The predicted octanol–water partition coefficient (Wildman–Crippen LogP) is 5.83. The molecule has 3 aromatic rings. The first kappa shape index (κ1) is 17.1. The monoisotopic (exact) mass is 373 g/mol. The maximum Gasteiger partial charge on any atom is 0.337 e. The number of benzene rings is 2. The van der Waals surface area contributed by atoms with Crippen molar-refractivity contribution in [3.05, 3.63) is 65.4 Å². The molecule has 1 aliphatic carbocycles. The lowest BCUT2D eigenvalue weighted by atomic mass is 9.86. The highest BCUT2D eigenvalue weighted by Crippen LogP contribution is 2.43. The lowest BCUT2D eigenvalue weighted by Crippen LogP contribution is -2.16. The van der Waals surface area contributed by atoms with E-state index in [1.165, 1.54) is 7.11 Å². The van der Waals surface area contributed by atoms with Crippen molar-refractivity contribution in [3.63, 3.8) is 0 Å². The Kier molecular flexibility index (Phi) is 4.00. The van der Waals surface area contributed by atoms with Gasteiger partial charge in [0.15, 0.2) is 0 Å². The minimum absolute atomic E-state index is 0.120. The smallest absolute Gasteiger partial charge is 0.337 e. The van der Waals surface area contributed by atoms with Crippen molar-refractivity contribution in [2.24, 2.45) is 5.92 Å². The molecule has 2 aliphatic rings. The van der Waals surface area contributed by atoms with E-state index in [1.54, 1.807) is 0 Å². The van der Waals surface area contributed by atoms with Crippen molar-refractivity contribution in [2.45, 2.75) is 32.3 Å². The van der Waals surface area contributed by atoms with Crippen molar-refractivity contribution in [3.8, 4) is 0 Å². The highest BCUT2D eigenvalue weighted by atomic mass is 16.5. The summed E-state index contributed by atoms with van der Waals surface area (Å²) in [6.07, 6.45) is 9.83. The van der Waals surface area contributed by atoms with Gasteiger partial charge in [0.25, 0.3) is 0 Å². The van der Waals surface area contributed by atoms with Crippen molar-refractivity contribution < 1.29 is 14.3 Å².